The number of carbonyl (C=O) groups is 1. The normalized spacial score (nSPS) is 17.8. The Bertz CT molecular complexity index is 1780. The Morgan fingerprint density at radius 2 is 1.57 bits per heavy atom. The molecule has 248 valence electrons. The zero-order valence-electron chi connectivity index (χ0n) is 26.0. The van der Waals surface area contributed by atoms with E-state index in [0.29, 0.717) is 30.0 Å². The molecule has 0 bridgehead atoms. The van der Waals surface area contributed by atoms with Gasteiger partial charge in [-0.1, -0.05) is 30.3 Å². The molecule has 5 rings (SSSR count). The smallest absolute Gasteiger partial charge is 0.243 e. The van der Waals surface area contributed by atoms with Crippen molar-refractivity contribution < 1.29 is 31.1 Å². The first kappa shape index (κ1) is 34.1. The minimum Gasteiger partial charge on any atom is -0.497 e. The van der Waals surface area contributed by atoms with Crippen LogP contribution in [0.15, 0.2) is 95.9 Å². The Hall–Kier alpha value is -4.23. The summed E-state index contributed by atoms with van der Waals surface area (Å²) in [5.41, 5.74) is 7.56. The summed E-state index contributed by atoms with van der Waals surface area (Å²) in [5, 5.41) is 5.99. The third kappa shape index (κ3) is 7.68. The summed E-state index contributed by atoms with van der Waals surface area (Å²) in [7, 11) is -2.41. The maximum absolute atomic E-state index is 15.4. The molecule has 4 aromatic carbocycles. The molecular formula is C35H37F3N4O4S. The van der Waals surface area contributed by atoms with E-state index < -0.39 is 51.4 Å². The number of hydrogen-bond donors (Lipinski definition) is 3. The number of carbonyl (C=O) groups excluding carboxylic acids is 1. The van der Waals surface area contributed by atoms with Crippen LogP contribution >= 0.6 is 0 Å². The number of methoxy groups -OCH3 is 1. The van der Waals surface area contributed by atoms with Crippen molar-refractivity contribution in [1.82, 2.24) is 9.62 Å². The molecule has 0 aromatic heterocycles. The Labute approximate surface area is 272 Å². The standard InChI is InChI=1S/C35H37F3N4O4S/c1-22-20-40-21-27(42(22)47(44,45)29-15-13-28(46-2)14-16-29)12-17-30-31(38)10-5-11-32(30)41-35(43)34(39)33(23-6-3-8-25(36)18-23)24-7-4-9-26(37)19-24/h3-11,13-16,18-19,22,27,33-34,40H,12,17,20-21,39H2,1-2H3,(H,41,43)/t22-,27-,34-/m0/s1. The lowest BCUT2D eigenvalue weighted by Crippen LogP contribution is -2.58. The van der Waals surface area contributed by atoms with Gasteiger partial charge in [-0.3, -0.25) is 4.79 Å². The second-order valence-corrected chi connectivity index (χ2v) is 13.4. The van der Waals surface area contributed by atoms with E-state index >= 15 is 4.39 Å². The number of ether oxygens (including phenoxy) is 1. The molecule has 47 heavy (non-hydrogen) atoms. The number of rotatable bonds is 11. The SMILES string of the molecule is COc1ccc(S(=O)(=O)N2[C@@H](CCc3c(F)cccc3NC(=O)[C@@H](N)C(c3cccc(F)c3)c3cccc(F)c3)CNC[C@@H]2C)cc1. The monoisotopic (exact) mass is 666 g/mol. The fourth-order valence-electron chi connectivity index (χ4n) is 6.15. The summed E-state index contributed by atoms with van der Waals surface area (Å²) < 4.78 is 78.0. The molecule has 1 aliphatic rings. The number of amides is 1. The fraction of sp³-hybridized carbons (Fsp3) is 0.286. The highest BCUT2D eigenvalue weighted by atomic mass is 32.2. The van der Waals surface area contributed by atoms with E-state index in [1.165, 1.54) is 78.1 Å². The summed E-state index contributed by atoms with van der Waals surface area (Å²) in [5.74, 6) is -2.74. The van der Waals surface area contributed by atoms with Gasteiger partial charge in [0.05, 0.1) is 18.0 Å². The first-order chi connectivity index (χ1) is 22.5. The number of anilines is 1. The number of piperazine rings is 1. The van der Waals surface area contributed by atoms with Gasteiger partial charge in [-0.2, -0.15) is 4.31 Å². The molecule has 0 spiro atoms. The van der Waals surface area contributed by atoms with E-state index in [-0.39, 0.29) is 35.0 Å². The number of nitrogens with one attached hydrogen (secondary N) is 2. The van der Waals surface area contributed by atoms with Crippen LogP contribution in [0, 0.1) is 17.5 Å². The molecule has 4 aromatic rings. The van der Waals surface area contributed by atoms with Crippen LogP contribution in [0.5, 0.6) is 5.75 Å². The van der Waals surface area contributed by atoms with E-state index in [2.05, 4.69) is 10.6 Å². The van der Waals surface area contributed by atoms with E-state index in [4.69, 9.17) is 10.5 Å². The number of halogens is 3. The van der Waals surface area contributed by atoms with Crippen LogP contribution in [0.2, 0.25) is 0 Å². The predicted molar refractivity (Wildman–Crippen MR) is 174 cm³/mol. The molecule has 0 unspecified atom stereocenters. The number of sulfonamides is 1. The van der Waals surface area contributed by atoms with Crippen molar-refractivity contribution in [3.05, 3.63) is 125 Å². The van der Waals surface area contributed by atoms with Gasteiger partial charge in [0.15, 0.2) is 0 Å². The molecule has 8 nitrogen and oxygen atoms in total. The van der Waals surface area contributed by atoms with Crippen molar-refractivity contribution in [3.8, 4) is 5.75 Å². The van der Waals surface area contributed by atoms with Gasteiger partial charge in [0, 0.05) is 42.3 Å². The number of nitrogens with zero attached hydrogens (tertiary/aromatic N) is 1. The topological polar surface area (TPSA) is 114 Å². The number of hydrogen-bond acceptors (Lipinski definition) is 6. The summed E-state index contributed by atoms with van der Waals surface area (Å²) in [6.45, 7) is 2.61. The lowest BCUT2D eigenvalue weighted by Gasteiger charge is -2.40. The number of benzene rings is 4. The van der Waals surface area contributed by atoms with Crippen molar-refractivity contribution in [2.45, 2.75) is 48.7 Å². The molecule has 1 amide bonds. The highest BCUT2D eigenvalue weighted by molar-refractivity contribution is 7.89. The van der Waals surface area contributed by atoms with Crippen molar-refractivity contribution in [1.29, 1.82) is 0 Å². The third-order valence-corrected chi connectivity index (χ3v) is 10.5. The van der Waals surface area contributed by atoms with Gasteiger partial charge in [0.1, 0.15) is 23.2 Å². The van der Waals surface area contributed by atoms with Crippen LogP contribution in [0.4, 0.5) is 18.9 Å². The molecule has 1 heterocycles. The van der Waals surface area contributed by atoms with E-state index in [1.807, 2.05) is 6.92 Å². The number of nitrogens with two attached hydrogens (primary N) is 1. The Kier molecular flexibility index (Phi) is 10.7. The quantitative estimate of drug-likeness (QED) is 0.203. The van der Waals surface area contributed by atoms with Crippen LogP contribution in [-0.4, -0.2) is 57.0 Å². The molecule has 1 aliphatic heterocycles. The van der Waals surface area contributed by atoms with Gasteiger partial charge >= 0.3 is 0 Å². The van der Waals surface area contributed by atoms with Crippen molar-refractivity contribution >= 4 is 21.6 Å². The lowest BCUT2D eigenvalue weighted by molar-refractivity contribution is -0.117. The summed E-state index contributed by atoms with van der Waals surface area (Å²) in [4.78, 5) is 13.7. The predicted octanol–water partition coefficient (Wildman–Crippen LogP) is 5.19. The highest BCUT2D eigenvalue weighted by Crippen LogP contribution is 2.31. The lowest BCUT2D eigenvalue weighted by atomic mass is 9.84. The Morgan fingerprint density at radius 3 is 2.17 bits per heavy atom. The molecule has 4 N–H and O–H groups in total. The molecule has 1 fully saturated rings. The van der Waals surface area contributed by atoms with Gasteiger partial charge in [0.25, 0.3) is 0 Å². The van der Waals surface area contributed by atoms with Gasteiger partial charge in [-0.05, 0) is 91.6 Å². The minimum absolute atomic E-state index is 0.0996. The van der Waals surface area contributed by atoms with Gasteiger partial charge in [-0.15, -0.1) is 0 Å². The van der Waals surface area contributed by atoms with Crippen LogP contribution in [0.25, 0.3) is 0 Å². The maximum Gasteiger partial charge on any atom is 0.243 e. The highest BCUT2D eigenvalue weighted by Gasteiger charge is 2.38. The third-order valence-electron chi connectivity index (χ3n) is 8.43. The largest absolute Gasteiger partial charge is 0.497 e. The molecule has 0 aliphatic carbocycles. The van der Waals surface area contributed by atoms with Crippen molar-refractivity contribution in [2.24, 2.45) is 5.73 Å². The van der Waals surface area contributed by atoms with Gasteiger partial charge in [0.2, 0.25) is 15.9 Å². The van der Waals surface area contributed by atoms with E-state index in [9.17, 15) is 22.0 Å². The van der Waals surface area contributed by atoms with Gasteiger partial charge < -0.3 is 21.1 Å². The minimum atomic E-state index is -3.90. The van der Waals surface area contributed by atoms with Crippen LogP contribution in [0.3, 0.4) is 0 Å². The summed E-state index contributed by atoms with van der Waals surface area (Å²) >= 11 is 0. The zero-order chi connectivity index (χ0) is 33.7. The van der Waals surface area contributed by atoms with Gasteiger partial charge in [-0.25, -0.2) is 21.6 Å². The Morgan fingerprint density at radius 1 is 0.957 bits per heavy atom. The van der Waals surface area contributed by atoms with Crippen LogP contribution in [0.1, 0.15) is 36.0 Å². The first-order valence-corrected chi connectivity index (χ1v) is 16.7. The Balaban J connectivity index is 1.38. The van der Waals surface area contributed by atoms with Crippen LogP contribution in [-0.2, 0) is 21.2 Å². The zero-order valence-corrected chi connectivity index (χ0v) is 26.8. The summed E-state index contributed by atoms with van der Waals surface area (Å²) in [6.07, 6.45) is 0.347. The molecule has 1 saturated heterocycles. The van der Waals surface area contributed by atoms with Crippen molar-refractivity contribution in [2.75, 3.05) is 25.5 Å². The molecule has 0 saturated carbocycles. The fourth-order valence-corrected chi connectivity index (χ4v) is 7.99. The first-order valence-electron chi connectivity index (χ1n) is 15.2. The second kappa shape index (κ2) is 14.7. The average molecular weight is 667 g/mol. The molecule has 3 atom stereocenters. The van der Waals surface area contributed by atoms with E-state index in [0.717, 1.165) is 0 Å². The van der Waals surface area contributed by atoms with E-state index in [1.54, 1.807) is 24.3 Å². The maximum atomic E-state index is 15.4. The molecular weight excluding hydrogens is 629 g/mol. The summed E-state index contributed by atoms with van der Waals surface area (Å²) in [6, 6.07) is 19.4. The molecule has 12 heteroatoms. The van der Waals surface area contributed by atoms with Crippen LogP contribution < -0.4 is 21.1 Å². The van der Waals surface area contributed by atoms with Crippen molar-refractivity contribution in [3.63, 3.8) is 0 Å². The second-order valence-electron chi connectivity index (χ2n) is 11.6. The molecule has 0 radical (unpaired) electrons. The average Bonchev–Trinajstić information content (AvgIpc) is 3.04.